The Hall–Kier alpha value is -2.73. The smallest absolute Gasteiger partial charge is 0.410 e. The lowest BCUT2D eigenvalue weighted by atomic mass is 9.95. The van der Waals surface area contributed by atoms with Crippen molar-refractivity contribution in [3.63, 3.8) is 0 Å². The summed E-state index contributed by atoms with van der Waals surface area (Å²) < 4.78 is 16.5. The van der Waals surface area contributed by atoms with Crippen LogP contribution in [0.4, 0.5) is 4.79 Å². The number of nitrogens with one attached hydrogen (secondary N) is 1. The molecule has 1 aliphatic rings. The van der Waals surface area contributed by atoms with Gasteiger partial charge in [0.25, 0.3) is 0 Å². The van der Waals surface area contributed by atoms with E-state index < -0.39 is 41.8 Å². The van der Waals surface area contributed by atoms with E-state index >= 15 is 0 Å². The van der Waals surface area contributed by atoms with Crippen molar-refractivity contribution in [2.24, 2.45) is 11.8 Å². The SMILES string of the molecule is CCC(C)C(NC(=O)C1CCCCN1C)C(=O)OC(CC(C(C)C)N(C)C(=O)OC(C)(C)C)c1nc(C(=O)OC)cs1. The van der Waals surface area contributed by atoms with Crippen LogP contribution in [0.3, 0.4) is 0 Å². The fourth-order valence-electron chi connectivity index (χ4n) is 4.94. The molecule has 1 aromatic rings. The Morgan fingerprint density at radius 3 is 2.40 bits per heavy atom. The summed E-state index contributed by atoms with van der Waals surface area (Å²) in [5.41, 5.74) is -0.579. The van der Waals surface area contributed by atoms with E-state index in [1.807, 2.05) is 39.6 Å². The predicted octanol–water partition coefficient (Wildman–Crippen LogP) is 4.81. The first-order valence-electron chi connectivity index (χ1n) is 14.8. The second-order valence-corrected chi connectivity index (χ2v) is 13.4. The highest BCUT2D eigenvalue weighted by Gasteiger charge is 2.37. The van der Waals surface area contributed by atoms with E-state index in [0.29, 0.717) is 11.4 Å². The van der Waals surface area contributed by atoms with Crippen LogP contribution in [-0.2, 0) is 23.8 Å². The van der Waals surface area contributed by atoms with Gasteiger partial charge in [-0.15, -0.1) is 11.3 Å². The Morgan fingerprint density at radius 1 is 1.19 bits per heavy atom. The minimum absolute atomic E-state index is 0.0318. The molecule has 0 spiro atoms. The highest BCUT2D eigenvalue weighted by molar-refractivity contribution is 7.09. The summed E-state index contributed by atoms with van der Waals surface area (Å²) >= 11 is 1.17. The number of aromatic nitrogens is 1. The standard InChI is InChI=1S/C30H50N4O7S/c1-11-19(4)24(32-25(35)21-14-12-13-15-33(21)8)28(37)40-23(26-31-20(17-42-26)27(36)39-10)16-22(18(2)3)34(9)29(38)41-30(5,6)7/h17-19,21-24H,11-16H2,1-10H3,(H,32,35). The number of amides is 2. The summed E-state index contributed by atoms with van der Waals surface area (Å²) in [6.45, 7) is 14.0. The fraction of sp³-hybridized carbons (Fsp3) is 0.767. The summed E-state index contributed by atoms with van der Waals surface area (Å²) in [6.07, 6.45) is 2.19. The molecule has 1 saturated heterocycles. The molecule has 42 heavy (non-hydrogen) atoms. The number of hydrogen-bond acceptors (Lipinski definition) is 10. The second kappa shape index (κ2) is 15.7. The van der Waals surface area contributed by atoms with Gasteiger partial charge in [0.15, 0.2) is 11.8 Å². The van der Waals surface area contributed by atoms with Crippen molar-refractivity contribution < 1.29 is 33.4 Å². The largest absolute Gasteiger partial charge is 0.464 e. The maximum atomic E-state index is 13.8. The molecule has 12 heteroatoms. The van der Waals surface area contributed by atoms with E-state index in [4.69, 9.17) is 14.2 Å². The van der Waals surface area contributed by atoms with Gasteiger partial charge in [0.1, 0.15) is 16.7 Å². The van der Waals surface area contributed by atoms with E-state index in [-0.39, 0.29) is 35.9 Å². The predicted molar refractivity (Wildman–Crippen MR) is 161 cm³/mol. The number of ether oxygens (including phenoxy) is 3. The molecule has 2 heterocycles. The highest BCUT2D eigenvalue weighted by atomic mass is 32.1. The first-order chi connectivity index (χ1) is 19.6. The van der Waals surface area contributed by atoms with Gasteiger partial charge in [0.05, 0.1) is 13.2 Å². The molecule has 11 nitrogen and oxygen atoms in total. The van der Waals surface area contributed by atoms with Crippen LogP contribution in [0.25, 0.3) is 0 Å². The Kier molecular flexibility index (Phi) is 13.2. The molecule has 0 saturated carbocycles. The molecule has 5 unspecified atom stereocenters. The number of esters is 2. The number of hydrogen-bond donors (Lipinski definition) is 1. The van der Waals surface area contributed by atoms with E-state index in [1.165, 1.54) is 23.3 Å². The minimum Gasteiger partial charge on any atom is -0.464 e. The van der Waals surface area contributed by atoms with Crippen molar-refractivity contribution >= 4 is 35.3 Å². The number of carbonyl (C=O) groups excluding carboxylic acids is 4. The number of methoxy groups -OCH3 is 1. The van der Waals surface area contributed by atoms with E-state index in [9.17, 15) is 19.2 Å². The third-order valence-corrected chi connectivity index (χ3v) is 8.63. The van der Waals surface area contributed by atoms with Crippen molar-refractivity contribution in [2.45, 2.75) is 110 Å². The van der Waals surface area contributed by atoms with E-state index in [0.717, 1.165) is 25.8 Å². The molecule has 2 amide bonds. The summed E-state index contributed by atoms with van der Waals surface area (Å²) in [7, 11) is 4.85. The average Bonchev–Trinajstić information content (AvgIpc) is 3.42. The molecule has 5 atom stereocenters. The van der Waals surface area contributed by atoms with Gasteiger partial charge < -0.3 is 24.4 Å². The van der Waals surface area contributed by atoms with Gasteiger partial charge in [-0.25, -0.2) is 19.4 Å². The van der Waals surface area contributed by atoms with Crippen LogP contribution in [-0.4, -0.2) is 90.2 Å². The zero-order valence-corrected chi connectivity index (χ0v) is 27.7. The highest BCUT2D eigenvalue weighted by Crippen LogP contribution is 2.32. The number of rotatable bonds is 12. The number of piperidine rings is 1. The number of thiazole rings is 1. The molecule has 0 aliphatic carbocycles. The van der Waals surface area contributed by atoms with Crippen LogP contribution in [0, 0.1) is 11.8 Å². The average molecular weight is 611 g/mol. The lowest BCUT2D eigenvalue weighted by Gasteiger charge is -2.35. The van der Waals surface area contributed by atoms with Crippen LogP contribution in [0.5, 0.6) is 0 Å². The summed E-state index contributed by atoms with van der Waals surface area (Å²) in [5.74, 6) is -1.60. The molecular weight excluding hydrogens is 560 g/mol. The van der Waals surface area contributed by atoms with Gasteiger partial charge in [0, 0.05) is 24.9 Å². The van der Waals surface area contributed by atoms with Gasteiger partial charge in [-0.05, 0) is 59.0 Å². The maximum Gasteiger partial charge on any atom is 0.410 e. The quantitative estimate of drug-likeness (QED) is 0.262. The molecular formula is C30H50N4O7S. The summed E-state index contributed by atoms with van der Waals surface area (Å²) in [6, 6.07) is -1.57. The van der Waals surface area contributed by atoms with Gasteiger partial charge >= 0.3 is 18.0 Å². The fourth-order valence-corrected chi connectivity index (χ4v) is 5.77. The van der Waals surface area contributed by atoms with Crippen molar-refractivity contribution in [1.82, 2.24) is 20.1 Å². The summed E-state index contributed by atoms with van der Waals surface area (Å²) in [4.78, 5) is 60.2. The van der Waals surface area contributed by atoms with E-state index in [1.54, 1.807) is 33.2 Å². The van der Waals surface area contributed by atoms with Gasteiger partial charge in [0.2, 0.25) is 5.91 Å². The van der Waals surface area contributed by atoms with Crippen LogP contribution >= 0.6 is 11.3 Å². The molecule has 2 rings (SSSR count). The van der Waals surface area contributed by atoms with Crippen LogP contribution in [0.1, 0.15) is 102 Å². The third kappa shape index (κ3) is 9.93. The number of likely N-dealkylation sites (tertiary alicyclic amines) is 1. The van der Waals surface area contributed by atoms with Gasteiger partial charge in [-0.1, -0.05) is 40.5 Å². The van der Waals surface area contributed by atoms with Gasteiger partial charge in [-0.3, -0.25) is 9.69 Å². The molecule has 1 fully saturated rings. The molecule has 1 N–H and O–H groups in total. The first-order valence-corrected chi connectivity index (χ1v) is 15.7. The second-order valence-electron chi connectivity index (χ2n) is 12.5. The van der Waals surface area contributed by atoms with Gasteiger partial charge in [-0.2, -0.15) is 0 Å². The van der Waals surface area contributed by atoms with Crippen molar-refractivity contribution in [2.75, 3.05) is 27.7 Å². The molecule has 0 bridgehead atoms. The van der Waals surface area contributed by atoms with Crippen molar-refractivity contribution in [1.29, 1.82) is 0 Å². The first kappa shape index (κ1) is 35.5. The topological polar surface area (TPSA) is 127 Å². The van der Waals surface area contributed by atoms with Crippen LogP contribution in [0.15, 0.2) is 5.38 Å². The Bertz CT molecular complexity index is 1070. The number of carbonyl (C=O) groups is 4. The summed E-state index contributed by atoms with van der Waals surface area (Å²) in [5, 5.41) is 4.92. The van der Waals surface area contributed by atoms with Crippen molar-refractivity contribution in [3.05, 3.63) is 16.1 Å². The zero-order valence-electron chi connectivity index (χ0n) is 26.9. The zero-order chi connectivity index (χ0) is 31.8. The van der Waals surface area contributed by atoms with Crippen molar-refractivity contribution in [3.8, 4) is 0 Å². The molecule has 1 aromatic heterocycles. The minimum atomic E-state index is -0.890. The lowest BCUT2D eigenvalue weighted by molar-refractivity contribution is -0.156. The lowest BCUT2D eigenvalue weighted by Crippen LogP contribution is -2.54. The van der Waals surface area contributed by atoms with E-state index in [2.05, 4.69) is 10.3 Å². The Balaban J connectivity index is 2.38. The molecule has 0 radical (unpaired) electrons. The number of likely N-dealkylation sites (N-methyl/N-ethyl adjacent to an activating group) is 1. The Morgan fingerprint density at radius 2 is 1.86 bits per heavy atom. The number of nitrogens with zero attached hydrogens (tertiary/aromatic N) is 3. The monoisotopic (exact) mass is 610 g/mol. The maximum absolute atomic E-state index is 13.8. The normalized spacial score (nSPS) is 18.9. The third-order valence-electron chi connectivity index (χ3n) is 7.69. The van der Waals surface area contributed by atoms with Crippen LogP contribution < -0.4 is 5.32 Å². The molecule has 1 aliphatic heterocycles. The molecule has 0 aromatic carbocycles. The Labute approximate surface area is 254 Å². The molecule has 238 valence electrons. The van der Waals surface area contributed by atoms with Crippen LogP contribution in [0.2, 0.25) is 0 Å².